The van der Waals surface area contributed by atoms with Gasteiger partial charge in [-0.1, -0.05) is 0 Å². The number of carbonyl (C=O) groups is 2. The Morgan fingerprint density at radius 2 is 2.11 bits per heavy atom. The highest BCUT2D eigenvalue weighted by Gasteiger charge is 2.34. The quantitative estimate of drug-likeness (QED) is 0.858. The average molecular weight is 248 g/mol. The lowest BCUT2D eigenvalue weighted by molar-refractivity contribution is -0.141. The van der Waals surface area contributed by atoms with Crippen molar-refractivity contribution < 1.29 is 14.7 Å². The second kappa shape index (κ2) is 4.76. The molecule has 0 unspecified atom stereocenters. The van der Waals surface area contributed by atoms with E-state index in [1.807, 2.05) is 6.92 Å². The summed E-state index contributed by atoms with van der Waals surface area (Å²) in [6.45, 7) is 4.13. The smallest absolute Gasteiger partial charge is 0.326 e. The molecule has 1 aromatic rings. The van der Waals surface area contributed by atoms with Crippen LogP contribution in [-0.4, -0.2) is 39.5 Å². The van der Waals surface area contributed by atoms with Crippen LogP contribution in [0.25, 0.3) is 0 Å². The third-order valence-corrected chi connectivity index (χ3v) is 3.25. The van der Waals surface area contributed by atoms with Crippen molar-refractivity contribution >= 4 is 11.9 Å². The molecule has 0 spiro atoms. The lowest BCUT2D eigenvalue weighted by atomic mass is 10.1. The molecule has 1 atom stereocenters. The molecule has 96 valence electrons. The number of aromatic nitrogens is 1. The van der Waals surface area contributed by atoms with Crippen LogP contribution in [0, 0.1) is 13.8 Å². The molecule has 18 heavy (non-hydrogen) atoms. The zero-order chi connectivity index (χ0) is 13.3. The number of likely N-dealkylation sites (tertiary alicyclic amines) is 1. The summed E-state index contributed by atoms with van der Waals surface area (Å²) in [7, 11) is 0. The number of hydrogen-bond acceptors (Lipinski definition) is 3. The molecular weight excluding hydrogens is 232 g/mol. The monoisotopic (exact) mass is 248 g/mol. The maximum absolute atomic E-state index is 12.3. The minimum Gasteiger partial charge on any atom is -0.480 e. The summed E-state index contributed by atoms with van der Waals surface area (Å²) in [5.74, 6) is -1.16. The van der Waals surface area contributed by atoms with Gasteiger partial charge < -0.3 is 10.0 Å². The van der Waals surface area contributed by atoms with Crippen LogP contribution in [0.15, 0.2) is 12.1 Å². The fraction of sp³-hybridized carbons (Fsp3) is 0.462. The van der Waals surface area contributed by atoms with Gasteiger partial charge in [0.1, 0.15) is 6.04 Å². The van der Waals surface area contributed by atoms with Gasteiger partial charge in [-0.3, -0.25) is 9.78 Å². The highest BCUT2D eigenvalue weighted by atomic mass is 16.4. The first kappa shape index (κ1) is 12.5. The molecule has 5 nitrogen and oxygen atoms in total. The third-order valence-electron chi connectivity index (χ3n) is 3.25. The summed E-state index contributed by atoms with van der Waals surface area (Å²) < 4.78 is 0. The Morgan fingerprint density at radius 3 is 2.72 bits per heavy atom. The van der Waals surface area contributed by atoms with Crippen molar-refractivity contribution in [2.45, 2.75) is 32.7 Å². The zero-order valence-electron chi connectivity index (χ0n) is 10.5. The van der Waals surface area contributed by atoms with E-state index in [4.69, 9.17) is 5.11 Å². The van der Waals surface area contributed by atoms with Crippen molar-refractivity contribution in [1.29, 1.82) is 0 Å². The summed E-state index contributed by atoms with van der Waals surface area (Å²) in [6, 6.07) is 2.79. The predicted molar refractivity (Wildman–Crippen MR) is 65.4 cm³/mol. The molecule has 1 amide bonds. The maximum atomic E-state index is 12.3. The van der Waals surface area contributed by atoms with Crippen molar-refractivity contribution in [3.05, 3.63) is 29.1 Å². The standard InChI is InChI=1S/C13H16N2O3/c1-8-5-6-10(9(2)14-8)12(16)15-7-3-4-11(15)13(17)18/h5-6,11H,3-4,7H2,1-2H3,(H,17,18)/t11-/m1/s1. The van der Waals surface area contributed by atoms with Crippen molar-refractivity contribution in [2.24, 2.45) is 0 Å². The Hall–Kier alpha value is -1.91. The van der Waals surface area contributed by atoms with Gasteiger partial charge >= 0.3 is 5.97 Å². The predicted octanol–water partition coefficient (Wildman–Crippen LogP) is 1.39. The molecule has 0 bridgehead atoms. The first-order valence-corrected chi connectivity index (χ1v) is 5.98. The molecule has 1 N–H and O–H groups in total. The summed E-state index contributed by atoms with van der Waals surface area (Å²) in [5, 5.41) is 9.08. The fourth-order valence-electron chi connectivity index (χ4n) is 2.33. The Bertz CT molecular complexity index is 499. The fourth-order valence-corrected chi connectivity index (χ4v) is 2.33. The van der Waals surface area contributed by atoms with Crippen molar-refractivity contribution in [3.63, 3.8) is 0 Å². The second-order valence-corrected chi connectivity index (χ2v) is 4.58. The van der Waals surface area contributed by atoms with Gasteiger partial charge in [0.15, 0.2) is 0 Å². The summed E-state index contributed by atoms with van der Waals surface area (Å²) in [6.07, 6.45) is 1.26. The second-order valence-electron chi connectivity index (χ2n) is 4.58. The molecule has 0 aliphatic carbocycles. The number of carbonyl (C=O) groups excluding carboxylic acids is 1. The zero-order valence-corrected chi connectivity index (χ0v) is 10.5. The number of hydrogen-bond donors (Lipinski definition) is 1. The molecule has 2 rings (SSSR count). The lowest BCUT2D eigenvalue weighted by Crippen LogP contribution is -2.40. The average Bonchev–Trinajstić information content (AvgIpc) is 2.77. The highest BCUT2D eigenvalue weighted by Crippen LogP contribution is 2.21. The number of aryl methyl sites for hydroxylation is 2. The van der Waals surface area contributed by atoms with E-state index in [9.17, 15) is 9.59 Å². The van der Waals surface area contributed by atoms with Gasteiger partial charge in [-0.25, -0.2) is 4.79 Å². The van der Waals surface area contributed by atoms with E-state index in [0.717, 1.165) is 12.1 Å². The van der Waals surface area contributed by atoms with E-state index in [0.29, 0.717) is 24.2 Å². The Morgan fingerprint density at radius 1 is 1.39 bits per heavy atom. The Labute approximate surface area is 105 Å². The van der Waals surface area contributed by atoms with Gasteiger partial charge in [0.05, 0.1) is 11.3 Å². The largest absolute Gasteiger partial charge is 0.480 e. The molecule has 0 aromatic carbocycles. The molecule has 0 radical (unpaired) electrons. The van der Waals surface area contributed by atoms with Gasteiger partial charge in [-0.05, 0) is 38.8 Å². The molecule has 1 fully saturated rings. The summed E-state index contributed by atoms with van der Waals surface area (Å²) in [5.41, 5.74) is 1.99. The highest BCUT2D eigenvalue weighted by molar-refractivity contribution is 5.97. The van der Waals surface area contributed by atoms with Crippen LogP contribution in [-0.2, 0) is 4.79 Å². The summed E-state index contributed by atoms with van der Waals surface area (Å²) in [4.78, 5) is 29.1. The molecule has 5 heteroatoms. The lowest BCUT2D eigenvalue weighted by Gasteiger charge is -2.22. The van der Waals surface area contributed by atoms with E-state index in [2.05, 4.69) is 4.98 Å². The van der Waals surface area contributed by atoms with Crippen LogP contribution in [0.1, 0.15) is 34.6 Å². The molecule has 1 aliphatic rings. The molecule has 2 heterocycles. The molecule has 0 saturated carbocycles. The topological polar surface area (TPSA) is 70.5 Å². The van der Waals surface area contributed by atoms with Gasteiger partial charge in [-0.15, -0.1) is 0 Å². The van der Waals surface area contributed by atoms with Crippen LogP contribution in [0.2, 0.25) is 0 Å². The maximum Gasteiger partial charge on any atom is 0.326 e. The number of amides is 1. The minimum atomic E-state index is -0.932. The van der Waals surface area contributed by atoms with Crippen LogP contribution < -0.4 is 0 Å². The third kappa shape index (κ3) is 2.20. The summed E-state index contributed by atoms with van der Waals surface area (Å²) >= 11 is 0. The number of carboxylic acid groups (broad SMARTS) is 1. The van der Waals surface area contributed by atoms with E-state index in [-0.39, 0.29) is 5.91 Å². The molecule has 1 aromatic heterocycles. The normalized spacial score (nSPS) is 19.0. The van der Waals surface area contributed by atoms with Crippen molar-refractivity contribution in [3.8, 4) is 0 Å². The van der Waals surface area contributed by atoms with E-state index in [1.165, 1.54) is 4.90 Å². The van der Waals surface area contributed by atoms with E-state index >= 15 is 0 Å². The first-order chi connectivity index (χ1) is 8.50. The van der Waals surface area contributed by atoms with Gasteiger partial charge in [-0.2, -0.15) is 0 Å². The Balaban J connectivity index is 2.28. The van der Waals surface area contributed by atoms with Crippen LogP contribution in [0.5, 0.6) is 0 Å². The molecular formula is C13H16N2O3. The Kier molecular flexibility index (Phi) is 3.32. The van der Waals surface area contributed by atoms with Gasteiger partial charge in [0.25, 0.3) is 5.91 Å². The van der Waals surface area contributed by atoms with Gasteiger partial charge in [0.2, 0.25) is 0 Å². The van der Waals surface area contributed by atoms with Gasteiger partial charge in [0, 0.05) is 12.2 Å². The van der Waals surface area contributed by atoms with E-state index in [1.54, 1.807) is 19.1 Å². The van der Waals surface area contributed by atoms with Crippen molar-refractivity contribution in [1.82, 2.24) is 9.88 Å². The SMILES string of the molecule is Cc1ccc(C(=O)N2CCC[C@@H]2C(=O)O)c(C)n1. The minimum absolute atomic E-state index is 0.232. The number of carboxylic acids is 1. The first-order valence-electron chi connectivity index (χ1n) is 5.98. The van der Waals surface area contributed by atoms with Crippen LogP contribution >= 0.6 is 0 Å². The number of pyridine rings is 1. The number of aliphatic carboxylic acids is 1. The number of rotatable bonds is 2. The van der Waals surface area contributed by atoms with E-state index < -0.39 is 12.0 Å². The van der Waals surface area contributed by atoms with Crippen LogP contribution in [0.3, 0.4) is 0 Å². The molecule has 1 aliphatic heterocycles. The number of nitrogens with zero attached hydrogens (tertiary/aromatic N) is 2. The molecule has 1 saturated heterocycles. The van der Waals surface area contributed by atoms with Crippen LogP contribution in [0.4, 0.5) is 0 Å². The van der Waals surface area contributed by atoms with Crippen molar-refractivity contribution in [2.75, 3.05) is 6.54 Å².